The van der Waals surface area contributed by atoms with Crippen molar-refractivity contribution in [3.8, 4) is 0 Å². The SMILES string of the molecule is O=C(Cc1ccccn1)c1cccc(C(=O)C(=O)c2ccccn2)n1. The molecule has 0 saturated heterocycles. The standard InChI is InChI=1S/C19H13N3O3/c23-17(12-13-6-1-3-10-20-13)14-8-5-9-16(22-14)19(25)18(24)15-7-2-4-11-21-15/h1-11H,12H2. The number of hydrogen-bond donors (Lipinski definition) is 0. The topological polar surface area (TPSA) is 89.9 Å². The average Bonchev–Trinajstić information content (AvgIpc) is 2.68. The molecule has 0 radical (unpaired) electrons. The van der Waals surface area contributed by atoms with Crippen molar-refractivity contribution >= 4 is 17.3 Å². The second kappa shape index (κ2) is 7.35. The molecule has 3 rings (SSSR count). The Morgan fingerprint density at radius 1 is 0.680 bits per heavy atom. The van der Waals surface area contributed by atoms with Gasteiger partial charge in [-0.1, -0.05) is 18.2 Å². The number of hydrogen-bond acceptors (Lipinski definition) is 6. The normalized spacial score (nSPS) is 10.2. The van der Waals surface area contributed by atoms with Crippen molar-refractivity contribution in [3.05, 3.63) is 89.8 Å². The van der Waals surface area contributed by atoms with Crippen LogP contribution >= 0.6 is 0 Å². The Labute approximate surface area is 143 Å². The third kappa shape index (κ3) is 3.87. The molecule has 0 amide bonds. The fourth-order valence-corrected chi connectivity index (χ4v) is 2.20. The fourth-order valence-electron chi connectivity index (χ4n) is 2.20. The Kier molecular flexibility index (Phi) is 4.80. The third-order valence-electron chi connectivity index (χ3n) is 3.44. The van der Waals surface area contributed by atoms with Crippen molar-refractivity contribution in [2.24, 2.45) is 0 Å². The molecule has 3 aromatic rings. The molecule has 0 spiro atoms. The summed E-state index contributed by atoms with van der Waals surface area (Å²) in [5.41, 5.74) is 0.683. The van der Waals surface area contributed by atoms with Gasteiger partial charge in [0.15, 0.2) is 5.78 Å². The van der Waals surface area contributed by atoms with Crippen LogP contribution in [-0.4, -0.2) is 32.3 Å². The first-order chi connectivity index (χ1) is 12.1. The molecule has 25 heavy (non-hydrogen) atoms. The summed E-state index contributed by atoms with van der Waals surface area (Å²) in [6, 6.07) is 14.4. The predicted octanol–water partition coefficient (Wildman–Crippen LogP) is 2.36. The highest BCUT2D eigenvalue weighted by Crippen LogP contribution is 2.08. The van der Waals surface area contributed by atoms with Gasteiger partial charge in [-0.25, -0.2) is 4.98 Å². The molecule has 122 valence electrons. The number of Topliss-reactive ketones (excluding diaryl/α,β-unsaturated/α-hetero) is 3. The maximum atomic E-state index is 12.3. The zero-order valence-electron chi connectivity index (χ0n) is 13.1. The maximum Gasteiger partial charge on any atom is 0.253 e. The molecule has 0 N–H and O–H groups in total. The summed E-state index contributed by atoms with van der Waals surface area (Å²) in [5.74, 6) is -1.84. The summed E-state index contributed by atoms with van der Waals surface area (Å²) in [6.45, 7) is 0. The fraction of sp³-hybridized carbons (Fsp3) is 0.0526. The van der Waals surface area contributed by atoms with Crippen LogP contribution in [0.15, 0.2) is 67.0 Å². The summed E-state index contributed by atoms with van der Waals surface area (Å²) in [7, 11) is 0. The van der Waals surface area contributed by atoms with E-state index in [1.54, 1.807) is 36.5 Å². The van der Waals surface area contributed by atoms with Crippen molar-refractivity contribution in [1.82, 2.24) is 15.0 Å². The van der Waals surface area contributed by atoms with Crippen molar-refractivity contribution in [3.63, 3.8) is 0 Å². The van der Waals surface area contributed by atoms with Crippen LogP contribution < -0.4 is 0 Å². The second-order valence-electron chi connectivity index (χ2n) is 5.20. The van der Waals surface area contributed by atoms with E-state index in [9.17, 15) is 14.4 Å². The number of rotatable bonds is 6. The molecule has 0 aliphatic carbocycles. The van der Waals surface area contributed by atoms with E-state index in [4.69, 9.17) is 0 Å². The molecular weight excluding hydrogens is 318 g/mol. The van der Waals surface area contributed by atoms with Gasteiger partial charge >= 0.3 is 0 Å². The van der Waals surface area contributed by atoms with E-state index in [0.29, 0.717) is 5.69 Å². The van der Waals surface area contributed by atoms with Gasteiger partial charge in [0.1, 0.15) is 17.1 Å². The second-order valence-corrected chi connectivity index (χ2v) is 5.20. The molecule has 0 aliphatic heterocycles. The van der Waals surface area contributed by atoms with Crippen molar-refractivity contribution in [1.29, 1.82) is 0 Å². The molecule has 0 bridgehead atoms. The van der Waals surface area contributed by atoms with Crippen LogP contribution in [0.4, 0.5) is 0 Å². The van der Waals surface area contributed by atoms with Gasteiger partial charge in [-0.15, -0.1) is 0 Å². The first kappa shape index (κ1) is 16.3. The first-order valence-corrected chi connectivity index (χ1v) is 7.55. The zero-order valence-corrected chi connectivity index (χ0v) is 13.1. The molecule has 0 atom stereocenters. The summed E-state index contributed by atoms with van der Waals surface area (Å²) >= 11 is 0. The molecule has 0 saturated carbocycles. The lowest BCUT2D eigenvalue weighted by Crippen LogP contribution is -2.18. The minimum Gasteiger partial charge on any atom is -0.292 e. The van der Waals surface area contributed by atoms with Crippen LogP contribution in [0.3, 0.4) is 0 Å². The summed E-state index contributed by atoms with van der Waals surface area (Å²) in [6.07, 6.45) is 3.10. The van der Waals surface area contributed by atoms with E-state index in [2.05, 4.69) is 15.0 Å². The Balaban J connectivity index is 1.80. The van der Waals surface area contributed by atoms with Crippen LogP contribution in [0.5, 0.6) is 0 Å². The first-order valence-electron chi connectivity index (χ1n) is 7.55. The molecular formula is C19H13N3O3. The molecule has 3 heterocycles. The van der Waals surface area contributed by atoms with E-state index in [-0.39, 0.29) is 29.3 Å². The summed E-state index contributed by atoms with van der Waals surface area (Å²) in [5, 5.41) is 0. The Bertz CT molecular complexity index is 925. The molecule has 0 fully saturated rings. The van der Waals surface area contributed by atoms with Crippen molar-refractivity contribution < 1.29 is 14.4 Å². The van der Waals surface area contributed by atoms with Crippen molar-refractivity contribution in [2.75, 3.05) is 0 Å². The summed E-state index contributed by atoms with van der Waals surface area (Å²) < 4.78 is 0. The van der Waals surface area contributed by atoms with Gasteiger partial charge in [-0.05, 0) is 36.4 Å². The van der Waals surface area contributed by atoms with Crippen molar-refractivity contribution in [2.45, 2.75) is 6.42 Å². The quantitative estimate of drug-likeness (QED) is 0.509. The lowest BCUT2D eigenvalue weighted by atomic mass is 10.1. The van der Waals surface area contributed by atoms with Gasteiger partial charge < -0.3 is 0 Å². The Morgan fingerprint density at radius 2 is 1.32 bits per heavy atom. The molecule has 3 aromatic heterocycles. The van der Waals surface area contributed by atoms with Crippen LogP contribution in [-0.2, 0) is 6.42 Å². The van der Waals surface area contributed by atoms with Gasteiger partial charge in [0, 0.05) is 18.1 Å². The third-order valence-corrected chi connectivity index (χ3v) is 3.44. The molecule has 6 heteroatoms. The Hall–Kier alpha value is -3.54. The van der Waals surface area contributed by atoms with Gasteiger partial charge in [0.25, 0.3) is 11.6 Å². The minimum absolute atomic E-state index is 0.0412. The minimum atomic E-state index is -0.800. The molecule has 6 nitrogen and oxygen atoms in total. The highest BCUT2D eigenvalue weighted by molar-refractivity contribution is 6.48. The highest BCUT2D eigenvalue weighted by atomic mass is 16.2. The van der Waals surface area contributed by atoms with E-state index in [1.807, 2.05) is 0 Å². The Morgan fingerprint density at radius 3 is 2.00 bits per heavy atom. The number of ketones is 3. The van der Waals surface area contributed by atoms with E-state index in [0.717, 1.165) is 0 Å². The van der Waals surface area contributed by atoms with Gasteiger partial charge in [0.05, 0.1) is 6.42 Å². The predicted molar refractivity (Wildman–Crippen MR) is 89.4 cm³/mol. The molecule has 0 unspecified atom stereocenters. The van der Waals surface area contributed by atoms with Crippen LogP contribution in [0.2, 0.25) is 0 Å². The molecule has 0 aromatic carbocycles. The number of aromatic nitrogens is 3. The lowest BCUT2D eigenvalue weighted by Gasteiger charge is -2.03. The number of carbonyl (C=O) groups excluding carboxylic acids is 3. The number of pyridine rings is 3. The monoisotopic (exact) mass is 331 g/mol. The van der Waals surface area contributed by atoms with Crippen LogP contribution in [0, 0.1) is 0 Å². The van der Waals surface area contributed by atoms with Gasteiger partial charge in [-0.2, -0.15) is 0 Å². The van der Waals surface area contributed by atoms with Gasteiger partial charge in [-0.3, -0.25) is 24.4 Å². The average molecular weight is 331 g/mol. The maximum absolute atomic E-state index is 12.3. The highest BCUT2D eigenvalue weighted by Gasteiger charge is 2.21. The number of nitrogens with zero attached hydrogens (tertiary/aromatic N) is 3. The van der Waals surface area contributed by atoms with Crippen LogP contribution in [0.25, 0.3) is 0 Å². The molecule has 0 aliphatic rings. The van der Waals surface area contributed by atoms with E-state index >= 15 is 0 Å². The number of carbonyl (C=O) groups is 3. The van der Waals surface area contributed by atoms with Gasteiger partial charge in [0.2, 0.25) is 0 Å². The largest absolute Gasteiger partial charge is 0.292 e. The summed E-state index contributed by atoms with van der Waals surface area (Å²) in [4.78, 5) is 48.8. The smallest absolute Gasteiger partial charge is 0.253 e. The van der Waals surface area contributed by atoms with E-state index < -0.39 is 11.6 Å². The van der Waals surface area contributed by atoms with Crippen LogP contribution in [0.1, 0.15) is 37.2 Å². The lowest BCUT2D eigenvalue weighted by molar-refractivity contribution is 0.0810. The van der Waals surface area contributed by atoms with E-state index in [1.165, 1.54) is 30.5 Å². The zero-order chi connectivity index (χ0) is 17.6.